The van der Waals surface area contributed by atoms with Gasteiger partial charge in [-0.3, -0.25) is 5.32 Å². The van der Waals surface area contributed by atoms with Crippen molar-refractivity contribution in [3.05, 3.63) is 78.1 Å². The molecule has 0 radical (unpaired) electrons. The molecule has 0 bridgehead atoms. The fourth-order valence-electron chi connectivity index (χ4n) is 2.69. The Morgan fingerprint density at radius 2 is 1.84 bits per heavy atom. The van der Waals surface area contributed by atoms with Crippen LogP contribution in [0.3, 0.4) is 0 Å². The minimum absolute atomic E-state index is 0.0495. The zero-order valence-corrected chi connectivity index (χ0v) is 20.2. The first-order valence-electron chi connectivity index (χ1n) is 10.5. The maximum absolute atomic E-state index is 14.6. The number of halogens is 1. The minimum atomic E-state index is -1.88. The molecule has 0 aliphatic heterocycles. The van der Waals surface area contributed by atoms with Crippen LogP contribution < -0.4 is 5.32 Å². The second-order valence-electron chi connectivity index (χ2n) is 9.17. The number of ether oxygens (including phenoxy) is 1. The summed E-state index contributed by atoms with van der Waals surface area (Å²) in [6, 6.07) is 13.8. The van der Waals surface area contributed by atoms with Gasteiger partial charge in [-0.2, -0.15) is 0 Å². The van der Waals surface area contributed by atoms with Crippen molar-refractivity contribution in [2.24, 2.45) is 0 Å². The summed E-state index contributed by atoms with van der Waals surface area (Å²) in [7, 11) is -1.88. The number of nitrogens with zero attached hydrogens (tertiary/aromatic N) is 2. The van der Waals surface area contributed by atoms with Gasteiger partial charge in [0.1, 0.15) is 12.4 Å². The molecule has 2 aromatic carbocycles. The Bertz CT molecular complexity index is 1060. The Hall–Kier alpha value is -2.97. The molecule has 0 unspecified atom stereocenters. The number of rotatable bonds is 7. The number of anilines is 1. The smallest absolute Gasteiger partial charge is 0.412 e. The van der Waals surface area contributed by atoms with Gasteiger partial charge in [0.25, 0.3) is 0 Å². The summed E-state index contributed by atoms with van der Waals surface area (Å²) in [4.78, 5) is 16.4. The van der Waals surface area contributed by atoms with Crippen molar-refractivity contribution in [3.63, 3.8) is 0 Å². The molecule has 0 saturated heterocycles. The lowest BCUT2D eigenvalue weighted by molar-refractivity contribution is 0.155. The molecule has 170 valence electrons. The van der Waals surface area contributed by atoms with E-state index in [-0.39, 0.29) is 17.3 Å². The summed E-state index contributed by atoms with van der Waals surface area (Å²) >= 11 is 0. The predicted molar refractivity (Wildman–Crippen MR) is 126 cm³/mol. The monoisotopic (exact) mass is 455 g/mol. The van der Waals surface area contributed by atoms with Gasteiger partial charge < -0.3 is 13.7 Å². The van der Waals surface area contributed by atoms with Gasteiger partial charge in [0, 0.05) is 18.0 Å². The van der Waals surface area contributed by atoms with Gasteiger partial charge >= 0.3 is 6.09 Å². The van der Waals surface area contributed by atoms with Crippen LogP contribution in [0.15, 0.2) is 61.1 Å². The van der Waals surface area contributed by atoms with E-state index in [0.717, 1.165) is 11.3 Å². The number of hydrogen-bond acceptors (Lipinski definition) is 4. The van der Waals surface area contributed by atoms with E-state index >= 15 is 0 Å². The molecule has 1 heterocycles. The average molecular weight is 456 g/mol. The van der Waals surface area contributed by atoms with E-state index in [2.05, 4.69) is 44.2 Å². The van der Waals surface area contributed by atoms with Gasteiger partial charge in [-0.25, -0.2) is 14.2 Å². The maximum Gasteiger partial charge on any atom is 0.412 e. The number of aromatic nitrogens is 2. The minimum Gasteiger partial charge on any atom is -0.444 e. The van der Waals surface area contributed by atoms with Crippen LogP contribution in [0.1, 0.15) is 32.0 Å². The zero-order valence-electron chi connectivity index (χ0n) is 19.2. The molecule has 0 aliphatic rings. The molecule has 6 nitrogen and oxygen atoms in total. The van der Waals surface area contributed by atoms with Gasteiger partial charge in [-0.1, -0.05) is 51.1 Å². The molecule has 1 N–H and O–H groups in total. The standard InChI is InChI=1S/C24H30FN3O3Si/c1-24(2,3)32(4,5)31-16-19-14-28(17-26-19)20-11-12-22(21(25)13-20)27-23(29)30-15-18-9-7-6-8-10-18/h6-14,17H,15-16H2,1-5H3,(H,27,29). The molecule has 8 heteroatoms. The predicted octanol–water partition coefficient (Wildman–Crippen LogP) is 6.28. The Labute approximate surface area is 189 Å². The van der Waals surface area contributed by atoms with Gasteiger partial charge in [0.15, 0.2) is 8.32 Å². The highest BCUT2D eigenvalue weighted by atomic mass is 28.4. The van der Waals surface area contributed by atoms with Crippen LogP contribution in [-0.4, -0.2) is 24.0 Å². The maximum atomic E-state index is 14.6. The zero-order chi connectivity index (χ0) is 23.4. The summed E-state index contributed by atoms with van der Waals surface area (Å²) < 4.78 is 27.6. The molecule has 32 heavy (non-hydrogen) atoms. The van der Waals surface area contributed by atoms with Crippen LogP contribution >= 0.6 is 0 Å². The highest BCUT2D eigenvalue weighted by Gasteiger charge is 2.37. The van der Waals surface area contributed by atoms with E-state index in [1.807, 2.05) is 36.5 Å². The number of amides is 1. The molecule has 1 aromatic heterocycles. The van der Waals surface area contributed by atoms with Crippen molar-refractivity contribution in [2.45, 2.75) is 52.1 Å². The topological polar surface area (TPSA) is 65.4 Å². The fraction of sp³-hybridized carbons (Fsp3) is 0.333. The van der Waals surface area contributed by atoms with E-state index in [1.165, 1.54) is 12.1 Å². The summed E-state index contributed by atoms with van der Waals surface area (Å²) in [6.45, 7) is 11.5. The van der Waals surface area contributed by atoms with Crippen molar-refractivity contribution in [3.8, 4) is 5.69 Å². The normalized spacial score (nSPS) is 11.9. The first kappa shape index (κ1) is 23.7. The van der Waals surface area contributed by atoms with E-state index in [1.54, 1.807) is 17.0 Å². The Balaban J connectivity index is 1.60. The second-order valence-corrected chi connectivity index (χ2v) is 14.0. The Kier molecular flexibility index (Phi) is 7.15. The van der Waals surface area contributed by atoms with Crippen LogP contribution in [0.2, 0.25) is 18.1 Å². The molecule has 0 atom stereocenters. The third kappa shape index (κ3) is 6.05. The first-order valence-corrected chi connectivity index (χ1v) is 13.4. The third-order valence-corrected chi connectivity index (χ3v) is 10.2. The lowest BCUT2D eigenvalue weighted by atomic mass is 10.2. The number of carbonyl (C=O) groups excluding carboxylic acids is 1. The van der Waals surface area contributed by atoms with Crippen LogP contribution in [0, 0.1) is 5.82 Å². The quantitative estimate of drug-likeness (QED) is 0.426. The highest BCUT2D eigenvalue weighted by Crippen LogP contribution is 2.37. The Morgan fingerprint density at radius 1 is 1.12 bits per heavy atom. The van der Waals surface area contributed by atoms with Crippen molar-refractivity contribution in [2.75, 3.05) is 5.32 Å². The molecular weight excluding hydrogens is 425 g/mol. The fourth-order valence-corrected chi connectivity index (χ4v) is 3.63. The molecular formula is C24H30FN3O3Si. The van der Waals surface area contributed by atoms with Crippen molar-refractivity contribution < 1.29 is 18.3 Å². The lowest BCUT2D eigenvalue weighted by Gasteiger charge is -2.35. The van der Waals surface area contributed by atoms with Crippen molar-refractivity contribution >= 4 is 20.1 Å². The molecule has 1 amide bonds. The molecule has 0 aliphatic carbocycles. The summed E-state index contributed by atoms with van der Waals surface area (Å²) in [5.74, 6) is -0.563. The Morgan fingerprint density at radius 3 is 2.50 bits per heavy atom. The molecule has 0 fully saturated rings. The number of imidazole rings is 1. The van der Waals surface area contributed by atoms with Crippen LogP contribution in [0.4, 0.5) is 14.9 Å². The second kappa shape index (κ2) is 9.66. The van der Waals surface area contributed by atoms with Crippen molar-refractivity contribution in [1.29, 1.82) is 0 Å². The summed E-state index contributed by atoms with van der Waals surface area (Å²) in [6.07, 6.45) is 2.73. The number of hydrogen-bond donors (Lipinski definition) is 1. The number of benzene rings is 2. The van der Waals surface area contributed by atoms with Crippen molar-refractivity contribution in [1.82, 2.24) is 9.55 Å². The van der Waals surface area contributed by atoms with Crippen LogP contribution in [0.25, 0.3) is 5.69 Å². The van der Waals surface area contributed by atoms with Gasteiger partial charge in [-0.15, -0.1) is 0 Å². The highest BCUT2D eigenvalue weighted by molar-refractivity contribution is 6.74. The molecule has 3 rings (SSSR count). The van der Waals surface area contributed by atoms with Gasteiger partial charge in [0.2, 0.25) is 0 Å². The van der Waals surface area contributed by atoms with E-state index in [4.69, 9.17) is 9.16 Å². The van der Waals surface area contributed by atoms with E-state index in [9.17, 15) is 9.18 Å². The SMILES string of the molecule is CC(C)(C)[Si](C)(C)OCc1cn(-c2ccc(NC(=O)OCc3ccccc3)c(F)c2)cn1. The van der Waals surface area contributed by atoms with E-state index < -0.39 is 20.2 Å². The number of nitrogens with one attached hydrogen (secondary N) is 1. The molecule has 3 aromatic rings. The van der Waals surface area contributed by atoms with Crippen LogP contribution in [0.5, 0.6) is 0 Å². The third-order valence-electron chi connectivity index (χ3n) is 5.72. The summed E-state index contributed by atoms with van der Waals surface area (Å²) in [5.41, 5.74) is 2.28. The molecule has 0 saturated carbocycles. The average Bonchev–Trinajstić information content (AvgIpc) is 3.21. The van der Waals surface area contributed by atoms with Gasteiger partial charge in [0.05, 0.1) is 24.3 Å². The number of carbonyl (C=O) groups is 1. The first-order chi connectivity index (χ1) is 15.0. The molecule has 0 spiro atoms. The summed E-state index contributed by atoms with van der Waals surface area (Å²) in [5, 5.41) is 2.55. The largest absolute Gasteiger partial charge is 0.444 e. The lowest BCUT2D eigenvalue weighted by Crippen LogP contribution is -2.40. The van der Waals surface area contributed by atoms with Gasteiger partial charge in [-0.05, 0) is 35.8 Å². The van der Waals surface area contributed by atoms with E-state index in [0.29, 0.717) is 12.3 Å². The van der Waals surface area contributed by atoms with Crippen LogP contribution in [-0.2, 0) is 22.4 Å².